The van der Waals surface area contributed by atoms with E-state index in [0.29, 0.717) is 12.1 Å². The van der Waals surface area contributed by atoms with Crippen molar-refractivity contribution in [3.63, 3.8) is 0 Å². The highest BCUT2D eigenvalue weighted by molar-refractivity contribution is 5.99. The molecule has 28 heavy (non-hydrogen) atoms. The smallest absolute Gasteiger partial charge is 0.267 e. The fourth-order valence-corrected chi connectivity index (χ4v) is 2.79. The van der Waals surface area contributed by atoms with E-state index in [1.54, 1.807) is 12.1 Å². The molecule has 5 heteroatoms. The van der Waals surface area contributed by atoms with Gasteiger partial charge in [-0.2, -0.15) is 10.2 Å². The van der Waals surface area contributed by atoms with Crippen molar-refractivity contribution in [1.29, 1.82) is 0 Å². The van der Waals surface area contributed by atoms with Crippen LogP contribution >= 0.6 is 0 Å². The van der Waals surface area contributed by atoms with Crippen LogP contribution in [0.15, 0.2) is 71.8 Å². The number of hydrogen-bond donors (Lipinski definition) is 1. The van der Waals surface area contributed by atoms with Gasteiger partial charge in [0.25, 0.3) is 5.91 Å². The lowest BCUT2D eigenvalue weighted by atomic mass is 10.1. The Morgan fingerprint density at radius 2 is 1.82 bits per heavy atom. The van der Waals surface area contributed by atoms with Crippen molar-refractivity contribution in [3.8, 4) is 0 Å². The molecule has 0 fully saturated rings. The van der Waals surface area contributed by atoms with Gasteiger partial charge in [-0.05, 0) is 56.2 Å². The highest BCUT2D eigenvalue weighted by Crippen LogP contribution is 2.09. The fraction of sp³-hybridized carbons (Fsp3) is 0.174. The number of benzene rings is 2. The van der Waals surface area contributed by atoms with Gasteiger partial charge in [-0.15, -0.1) is 0 Å². The second-order valence-electron chi connectivity index (χ2n) is 6.72. The van der Waals surface area contributed by atoms with E-state index in [0.717, 1.165) is 28.2 Å². The van der Waals surface area contributed by atoms with E-state index in [1.165, 1.54) is 0 Å². The van der Waals surface area contributed by atoms with Crippen LogP contribution in [-0.2, 0) is 6.54 Å². The van der Waals surface area contributed by atoms with Gasteiger partial charge in [0.15, 0.2) is 0 Å². The van der Waals surface area contributed by atoms with Crippen LogP contribution in [0.1, 0.15) is 39.8 Å². The molecule has 0 atom stereocenters. The SMILES string of the molecule is CC(/C=C/c1ccccc1)=N/NC(=O)c1ccc(Cn2nc(C)cc2C)cc1. The van der Waals surface area contributed by atoms with Crippen LogP contribution in [0.25, 0.3) is 6.08 Å². The summed E-state index contributed by atoms with van der Waals surface area (Å²) in [5.74, 6) is -0.231. The lowest BCUT2D eigenvalue weighted by Gasteiger charge is -2.06. The quantitative estimate of drug-likeness (QED) is 0.516. The molecule has 1 amide bonds. The van der Waals surface area contributed by atoms with Crippen LogP contribution in [0.4, 0.5) is 0 Å². The van der Waals surface area contributed by atoms with Crippen molar-refractivity contribution < 1.29 is 4.79 Å². The third-order valence-corrected chi connectivity index (χ3v) is 4.30. The third-order valence-electron chi connectivity index (χ3n) is 4.30. The number of carbonyl (C=O) groups excluding carboxylic acids is 1. The first-order valence-corrected chi connectivity index (χ1v) is 9.19. The topological polar surface area (TPSA) is 59.3 Å². The molecule has 0 aliphatic rings. The van der Waals surface area contributed by atoms with E-state index in [-0.39, 0.29) is 5.91 Å². The number of aryl methyl sites for hydroxylation is 2. The number of nitrogens with one attached hydrogen (secondary N) is 1. The van der Waals surface area contributed by atoms with Gasteiger partial charge in [-0.1, -0.05) is 48.5 Å². The Bertz CT molecular complexity index is 999. The molecule has 2 aromatic carbocycles. The Morgan fingerprint density at radius 1 is 1.11 bits per heavy atom. The molecule has 0 saturated carbocycles. The highest BCUT2D eigenvalue weighted by atomic mass is 16.2. The number of nitrogens with zero attached hydrogens (tertiary/aromatic N) is 3. The summed E-state index contributed by atoms with van der Waals surface area (Å²) in [6.45, 7) is 6.54. The van der Waals surface area contributed by atoms with Crippen molar-refractivity contribution in [2.45, 2.75) is 27.3 Å². The van der Waals surface area contributed by atoms with Gasteiger partial charge < -0.3 is 0 Å². The molecule has 5 nitrogen and oxygen atoms in total. The summed E-state index contributed by atoms with van der Waals surface area (Å²) in [4.78, 5) is 12.3. The summed E-state index contributed by atoms with van der Waals surface area (Å²) in [7, 11) is 0. The molecule has 1 aromatic heterocycles. The maximum absolute atomic E-state index is 12.3. The van der Waals surface area contributed by atoms with E-state index in [2.05, 4.69) is 15.6 Å². The summed E-state index contributed by atoms with van der Waals surface area (Å²) >= 11 is 0. The standard InChI is InChI=1S/C23H24N4O/c1-17(9-10-20-7-5-4-6-8-20)24-25-23(28)22-13-11-21(12-14-22)16-27-19(3)15-18(2)26-27/h4-15H,16H2,1-3H3,(H,25,28)/b10-9+,24-17-. The number of hydrazone groups is 1. The average Bonchev–Trinajstić information content (AvgIpc) is 3.02. The Hall–Kier alpha value is -3.47. The lowest BCUT2D eigenvalue weighted by molar-refractivity contribution is 0.0955. The normalized spacial score (nSPS) is 11.8. The number of rotatable bonds is 6. The van der Waals surface area contributed by atoms with E-state index < -0.39 is 0 Å². The van der Waals surface area contributed by atoms with Crippen LogP contribution in [0.3, 0.4) is 0 Å². The van der Waals surface area contributed by atoms with Crippen LogP contribution in [0.2, 0.25) is 0 Å². The van der Waals surface area contributed by atoms with Crippen LogP contribution < -0.4 is 5.43 Å². The van der Waals surface area contributed by atoms with Crippen molar-refractivity contribution in [1.82, 2.24) is 15.2 Å². The first-order chi connectivity index (χ1) is 13.5. The maximum atomic E-state index is 12.3. The van der Waals surface area contributed by atoms with Gasteiger partial charge >= 0.3 is 0 Å². The van der Waals surface area contributed by atoms with Crippen molar-refractivity contribution >= 4 is 17.7 Å². The first kappa shape index (κ1) is 19.3. The average molecular weight is 372 g/mol. The molecule has 0 aliphatic heterocycles. The minimum absolute atomic E-state index is 0.231. The lowest BCUT2D eigenvalue weighted by Crippen LogP contribution is -2.18. The molecule has 142 valence electrons. The van der Waals surface area contributed by atoms with Crippen LogP contribution in [0, 0.1) is 13.8 Å². The number of allylic oxidation sites excluding steroid dienone is 1. The zero-order chi connectivity index (χ0) is 19.9. The van der Waals surface area contributed by atoms with E-state index in [9.17, 15) is 4.79 Å². The minimum atomic E-state index is -0.231. The van der Waals surface area contributed by atoms with E-state index in [4.69, 9.17) is 0 Å². The molecule has 0 saturated heterocycles. The third kappa shape index (κ3) is 5.27. The summed E-state index contributed by atoms with van der Waals surface area (Å²) in [6, 6.07) is 19.5. The summed E-state index contributed by atoms with van der Waals surface area (Å²) in [5, 5.41) is 8.60. The van der Waals surface area contributed by atoms with Gasteiger partial charge in [-0.3, -0.25) is 9.48 Å². The second-order valence-corrected chi connectivity index (χ2v) is 6.72. The number of amides is 1. The predicted octanol–water partition coefficient (Wildman–Crippen LogP) is 4.37. The molecule has 1 heterocycles. The molecule has 3 rings (SSSR count). The second kappa shape index (κ2) is 8.95. The number of hydrogen-bond acceptors (Lipinski definition) is 3. The van der Waals surface area contributed by atoms with Crippen LogP contribution in [-0.4, -0.2) is 21.4 Å². The van der Waals surface area contributed by atoms with Gasteiger partial charge in [0.2, 0.25) is 0 Å². The summed E-state index contributed by atoms with van der Waals surface area (Å²) in [5.41, 5.74) is 8.18. The van der Waals surface area contributed by atoms with E-state index >= 15 is 0 Å². The Labute approximate surface area is 165 Å². The Kier molecular flexibility index (Phi) is 6.17. The highest BCUT2D eigenvalue weighted by Gasteiger charge is 2.06. The molecule has 1 N–H and O–H groups in total. The van der Waals surface area contributed by atoms with E-state index in [1.807, 2.05) is 86.1 Å². The van der Waals surface area contributed by atoms with Crippen LogP contribution in [0.5, 0.6) is 0 Å². The first-order valence-electron chi connectivity index (χ1n) is 9.19. The molecule has 3 aromatic rings. The molecule has 0 bridgehead atoms. The van der Waals surface area contributed by atoms with Crippen molar-refractivity contribution in [2.75, 3.05) is 0 Å². The molecule has 0 spiro atoms. The molecular formula is C23H24N4O. The van der Waals surface area contributed by atoms with Gasteiger partial charge in [-0.25, -0.2) is 5.43 Å². The van der Waals surface area contributed by atoms with Crippen molar-refractivity contribution in [3.05, 3.63) is 94.8 Å². The van der Waals surface area contributed by atoms with Crippen molar-refractivity contribution in [2.24, 2.45) is 5.10 Å². The monoisotopic (exact) mass is 372 g/mol. The predicted molar refractivity (Wildman–Crippen MR) is 113 cm³/mol. The molecular weight excluding hydrogens is 348 g/mol. The Morgan fingerprint density at radius 3 is 2.46 bits per heavy atom. The van der Waals surface area contributed by atoms with Gasteiger partial charge in [0, 0.05) is 11.3 Å². The summed E-state index contributed by atoms with van der Waals surface area (Å²) in [6.07, 6.45) is 3.83. The number of carbonyl (C=O) groups is 1. The molecule has 0 unspecified atom stereocenters. The largest absolute Gasteiger partial charge is 0.271 e. The van der Waals surface area contributed by atoms with Gasteiger partial charge in [0.1, 0.15) is 0 Å². The molecule has 0 aliphatic carbocycles. The number of aromatic nitrogens is 2. The maximum Gasteiger partial charge on any atom is 0.271 e. The minimum Gasteiger partial charge on any atom is -0.267 e. The summed E-state index contributed by atoms with van der Waals surface area (Å²) < 4.78 is 1.96. The molecule has 0 radical (unpaired) electrons. The fourth-order valence-electron chi connectivity index (χ4n) is 2.79. The zero-order valence-electron chi connectivity index (χ0n) is 16.4. The Balaban J connectivity index is 1.58. The zero-order valence-corrected chi connectivity index (χ0v) is 16.4. The van der Waals surface area contributed by atoms with Gasteiger partial charge in [0.05, 0.1) is 18.0 Å².